The predicted octanol–water partition coefficient (Wildman–Crippen LogP) is 2.95. The summed E-state index contributed by atoms with van der Waals surface area (Å²) < 4.78 is 10.0. The summed E-state index contributed by atoms with van der Waals surface area (Å²) in [6.07, 6.45) is 3.58. The van der Waals surface area contributed by atoms with Crippen molar-refractivity contribution >= 4 is 62.3 Å². The number of alkyl halides is 3. The van der Waals surface area contributed by atoms with E-state index in [1.54, 1.807) is 24.3 Å². The predicted molar refractivity (Wildman–Crippen MR) is 91.0 cm³/mol. The van der Waals surface area contributed by atoms with Gasteiger partial charge in [0.15, 0.2) is 0 Å². The van der Waals surface area contributed by atoms with Crippen molar-refractivity contribution in [2.45, 2.75) is 16.6 Å². The Balaban J connectivity index is 2.16. The van der Waals surface area contributed by atoms with E-state index in [0.29, 0.717) is 5.52 Å². The van der Waals surface area contributed by atoms with Gasteiger partial charge in [0, 0.05) is 0 Å². The number of esters is 1. The molecule has 5 nitrogen and oxygen atoms in total. The van der Waals surface area contributed by atoms with Crippen LogP contribution in [0.2, 0.25) is 0 Å². The number of carbonyl (C=O) groups is 1. The zero-order valence-electron chi connectivity index (χ0n) is 11.5. The lowest BCUT2D eigenvalue weighted by Crippen LogP contribution is -2.35. The van der Waals surface area contributed by atoms with Crippen molar-refractivity contribution in [2.24, 2.45) is 0 Å². The maximum Gasteiger partial charge on any atom is 0.328 e. The van der Waals surface area contributed by atoms with Crippen LogP contribution in [0, 0.1) is 12.3 Å². The van der Waals surface area contributed by atoms with Crippen molar-refractivity contribution in [3.63, 3.8) is 0 Å². The van der Waals surface area contributed by atoms with Crippen LogP contribution in [0.1, 0.15) is 0 Å². The van der Waals surface area contributed by atoms with Gasteiger partial charge in [-0.25, -0.2) is 0 Å². The van der Waals surface area contributed by atoms with Crippen LogP contribution in [-0.2, 0) is 20.8 Å². The van der Waals surface area contributed by atoms with Gasteiger partial charge >= 0.3 is 10.8 Å². The number of hydrogen-bond donors (Lipinski definition) is 0. The van der Waals surface area contributed by atoms with Crippen LogP contribution in [0.5, 0.6) is 0 Å². The smallest absolute Gasteiger partial charge is 0.328 e. The number of aromatic nitrogens is 1. The molecule has 9 heteroatoms. The molecule has 2 aromatic rings. The maximum atomic E-state index is 12.0. The summed E-state index contributed by atoms with van der Waals surface area (Å²) >= 11 is 18.1. The van der Waals surface area contributed by atoms with Gasteiger partial charge in [-0.05, 0) is 12.1 Å². The van der Waals surface area contributed by atoms with E-state index in [9.17, 15) is 9.59 Å². The van der Waals surface area contributed by atoms with Crippen molar-refractivity contribution in [1.82, 2.24) is 4.57 Å². The molecule has 0 spiro atoms. The summed E-state index contributed by atoms with van der Waals surface area (Å²) in [6, 6.07) is 7.06. The monoisotopic (exact) mass is 393 g/mol. The lowest BCUT2D eigenvalue weighted by Gasteiger charge is -2.23. The van der Waals surface area contributed by atoms with Gasteiger partial charge in [-0.2, -0.15) is 0 Å². The highest BCUT2D eigenvalue weighted by molar-refractivity contribution is 7.16. The number of halogens is 3. The lowest BCUT2D eigenvalue weighted by atomic mass is 10.3. The minimum Gasteiger partial charge on any atom is -0.430 e. The minimum absolute atomic E-state index is 0.201. The molecule has 23 heavy (non-hydrogen) atoms. The molecule has 1 aromatic heterocycles. The van der Waals surface area contributed by atoms with Gasteiger partial charge in [0.05, 0.1) is 10.2 Å². The molecule has 2 rings (SSSR count). The SMILES string of the molecule is C#CCO[C@@H](OC(=O)Cn1c(=O)sc2ccccc21)C(Cl)(Cl)Cl. The fourth-order valence-electron chi connectivity index (χ4n) is 1.77. The Hall–Kier alpha value is -1.23. The van der Waals surface area contributed by atoms with Crippen molar-refractivity contribution in [2.75, 3.05) is 6.61 Å². The molecule has 0 radical (unpaired) electrons. The van der Waals surface area contributed by atoms with Crippen LogP contribution in [0.4, 0.5) is 0 Å². The number of benzene rings is 1. The number of rotatable bonds is 5. The van der Waals surface area contributed by atoms with Gasteiger partial charge in [0.25, 0.3) is 10.1 Å². The van der Waals surface area contributed by atoms with E-state index in [4.69, 9.17) is 50.7 Å². The van der Waals surface area contributed by atoms with Crippen molar-refractivity contribution in [3.05, 3.63) is 33.9 Å². The molecular weight excluding hydrogens is 385 g/mol. The van der Waals surface area contributed by atoms with Crippen LogP contribution < -0.4 is 4.87 Å². The summed E-state index contributed by atoms with van der Waals surface area (Å²) in [5, 5.41) is 0. The molecule has 0 fully saturated rings. The summed E-state index contributed by atoms with van der Waals surface area (Å²) in [7, 11) is 0. The molecule has 0 unspecified atom stereocenters. The summed E-state index contributed by atoms with van der Waals surface area (Å²) in [5.74, 6) is 1.39. The molecule has 0 aliphatic heterocycles. The molecule has 1 aromatic carbocycles. The number of carbonyl (C=O) groups excluding carboxylic acids is 1. The van der Waals surface area contributed by atoms with E-state index in [-0.39, 0.29) is 18.0 Å². The van der Waals surface area contributed by atoms with Crippen LogP contribution in [0.15, 0.2) is 29.1 Å². The maximum absolute atomic E-state index is 12.0. The quantitative estimate of drug-likeness (QED) is 0.339. The van der Waals surface area contributed by atoms with Crippen LogP contribution in [-0.4, -0.2) is 27.2 Å². The van der Waals surface area contributed by atoms with Gasteiger partial charge in [-0.15, -0.1) is 6.42 Å². The first-order valence-corrected chi connectivity index (χ1v) is 8.17. The summed E-state index contributed by atoms with van der Waals surface area (Å²) in [5.41, 5.74) is 0.620. The standard InChI is InChI=1S/C14H10Cl3NO4S/c1-2-7-21-12(14(15,16)17)22-11(19)8-18-9-5-3-4-6-10(9)23-13(18)20/h1,3-6,12H,7-8H2/t12-/m0/s1. The highest BCUT2D eigenvalue weighted by Crippen LogP contribution is 2.33. The average Bonchev–Trinajstić information content (AvgIpc) is 2.78. The molecule has 0 amide bonds. The average molecular weight is 395 g/mol. The van der Waals surface area contributed by atoms with Gasteiger partial charge in [-0.1, -0.05) is 64.2 Å². The van der Waals surface area contributed by atoms with Crippen LogP contribution in [0.25, 0.3) is 10.2 Å². The van der Waals surface area contributed by atoms with Gasteiger partial charge < -0.3 is 9.47 Å². The fraction of sp³-hybridized carbons (Fsp3) is 0.286. The molecule has 0 saturated carbocycles. The van der Waals surface area contributed by atoms with E-state index >= 15 is 0 Å². The van der Waals surface area contributed by atoms with Gasteiger partial charge in [-0.3, -0.25) is 14.2 Å². The highest BCUT2D eigenvalue weighted by atomic mass is 35.6. The Labute approximate surface area is 150 Å². The Morgan fingerprint density at radius 2 is 2.09 bits per heavy atom. The molecule has 0 bridgehead atoms. The second kappa shape index (κ2) is 7.56. The topological polar surface area (TPSA) is 57.5 Å². The molecule has 122 valence electrons. The zero-order chi connectivity index (χ0) is 17.0. The largest absolute Gasteiger partial charge is 0.430 e. The Bertz CT molecular complexity index is 803. The number of ether oxygens (including phenoxy) is 2. The third kappa shape index (κ3) is 4.63. The molecule has 0 aliphatic rings. The molecular formula is C14H10Cl3NO4S. The first-order chi connectivity index (χ1) is 10.8. The number of hydrogen-bond acceptors (Lipinski definition) is 5. The van der Waals surface area contributed by atoms with Gasteiger partial charge in [0.1, 0.15) is 13.2 Å². The number of fused-ring (bicyclic) bond motifs is 1. The summed E-state index contributed by atoms with van der Waals surface area (Å²) in [4.78, 5) is 23.7. The highest BCUT2D eigenvalue weighted by Gasteiger charge is 2.37. The third-order valence-electron chi connectivity index (χ3n) is 2.68. The summed E-state index contributed by atoms with van der Waals surface area (Å²) in [6.45, 7) is -0.535. The normalized spacial score (nSPS) is 12.8. The molecule has 1 atom stereocenters. The Kier molecular flexibility index (Phi) is 5.95. The second-order valence-electron chi connectivity index (χ2n) is 4.30. The number of thiazole rings is 1. The first kappa shape index (κ1) is 18.1. The zero-order valence-corrected chi connectivity index (χ0v) is 14.6. The van der Waals surface area contributed by atoms with E-state index < -0.39 is 16.1 Å². The van der Waals surface area contributed by atoms with Crippen LogP contribution in [0.3, 0.4) is 0 Å². The first-order valence-electron chi connectivity index (χ1n) is 6.22. The molecule has 1 heterocycles. The van der Waals surface area contributed by atoms with Crippen molar-refractivity contribution in [1.29, 1.82) is 0 Å². The third-order valence-corrected chi connectivity index (χ3v) is 4.18. The van der Waals surface area contributed by atoms with E-state index in [2.05, 4.69) is 5.92 Å². The van der Waals surface area contributed by atoms with Crippen LogP contribution >= 0.6 is 46.1 Å². The second-order valence-corrected chi connectivity index (χ2v) is 7.66. The number of para-hydroxylation sites is 1. The van der Waals surface area contributed by atoms with Crippen molar-refractivity contribution in [3.8, 4) is 12.3 Å². The molecule has 0 N–H and O–H groups in total. The van der Waals surface area contributed by atoms with Crippen molar-refractivity contribution < 1.29 is 14.3 Å². The Morgan fingerprint density at radius 1 is 1.39 bits per heavy atom. The van der Waals surface area contributed by atoms with E-state index in [1.807, 2.05) is 0 Å². The molecule has 0 saturated heterocycles. The van der Waals surface area contributed by atoms with E-state index in [1.165, 1.54) is 4.57 Å². The number of nitrogens with zero attached hydrogens (tertiary/aromatic N) is 1. The van der Waals surface area contributed by atoms with E-state index in [0.717, 1.165) is 16.0 Å². The molecule has 0 aliphatic carbocycles. The van der Waals surface area contributed by atoms with Gasteiger partial charge in [0.2, 0.25) is 0 Å². The lowest BCUT2D eigenvalue weighted by molar-refractivity contribution is -0.175. The minimum atomic E-state index is -2.01. The fourth-order valence-corrected chi connectivity index (χ4v) is 2.98. The Morgan fingerprint density at radius 3 is 2.74 bits per heavy atom. The number of terminal acetylenes is 1.